The van der Waals surface area contributed by atoms with Crippen molar-refractivity contribution in [3.8, 4) is 11.3 Å². The van der Waals surface area contributed by atoms with E-state index in [9.17, 15) is 0 Å². The number of pyridine rings is 1. The zero-order valence-corrected chi connectivity index (χ0v) is 11.8. The van der Waals surface area contributed by atoms with Crippen LogP contribution in [0.4, 0.5) is 0 Å². The van der Waals surface area contributed by atoms with Crippen LogP contribution >= 0.6 is 0 Å². The molecule has 1 heteroatoms. The zero-order chi connectivity index (χ0) is 13.7. The van der Waals surface area contributed by atoms with Crippen molar-refractivity contribution in [2.75, 3.05) is 0 Å². The highest BCUT2D eigenvalue weighted by Crippen LogP contribution is 2.37. The van der Waals surface area contributed by atoms with Gasteiger partial charge in [-0.2, -0.15) is 0 Å². The lowest BCUT2D eigenvalue weighted by molar-refractivity contribution is -0.649. The molecule has 0 radical (unpaired) electrons. The van der Waals surface area contributed by atoms with Gasteiger partial charge in [0.25, 0.3) is 0 Å². The topological polar surface area (TPSA) is 3.88 Å². The molecule has 20 heavy (non-hydrogen) atoms. The number of aromatic nitrogens is 1. The van der Waals surface area contributed by atoms with Crippen molar-refractivity contribution in [1.82, 2.24) is 0 Å². The molecule has 2 aromatic carbocycles. The van der Waals surface area contributed by atoms with Crippen LogP contribution in [0.2, 0.25) is 0 Å². The van der Waals surface area contributed by atoms with Crippen molar-refractivity contribution in [1.29, 1.82) is 0 Å². The van der Waals surface area contributed by atoms with E-state index in [0.717, 1.165) is 0 Å². The summed E-state index contributed by atoms with van der Waals surface area (Å²) in [5, 5.41) is 2.60. The van der Waals surface area contributed by atoms with Gasteiger partial charge in [-0.15, -0.1) is 0 Å². The number of rotatable bonds is 0. The van der Waals surface area contributed by atoms with Crippen molar-refractivity contribution in [2.45, 2.75) is 19.8 Å². The van der Waals surface area contributed by atoms with E-state index in [4.69, 9.17) is 0 Å². The van der Waals surface area contributed by atoms with Crippen molar-refractivity contribution < 1.29 is 4.57 Å². The van der Waals surface area contributed by atoms with Gasteiger partial charge >= 0.3 is 0 Å². The normalized spacial score (nSPS) is 16.9. The van der Waals surface area contributed by atoms with Gasteiger partial charge in [0.15, 0.2) is 0 Å². The second-order valence-corrected chi connectivity index (χ2v) is 5.61. The molecule has 0 N–H and O–H groups in total. The van der Waals surface area contributed by atoms with Crippen LogP contribution in [0.25, 0.3) is 22.0 Å². The maximum absolute atomic E-state index is 2.36. The smallest absolute Gasteiger partial charge is 0.113 e. The zero-order valence-electron chi connectivity index (χ0n) is 11.8. The molecule has 1 unspecified atom stereocenters. The summed E-state index contributed by atoms with van der Waals surface area (Å²) >= 11 is 0. The minimum Gasteiger partial charge on any atom is -0.327 e. The van der Waals surface area contributed by atoms with Gasteiger partial charge in [-0.25, -0.2) is 0 Å². The number of fused-ring (bicyclic) bond motifs is 4. The lowest BCUT2D eigenvalue weighted by Crippen LogP contribution is -2.45. The highest BCUT2D eigenvalue weighted by Gasteiger charge is 2.27. The molecule has 3 aromatic rings. The second-order valence-electron chi connectivity index (χ2n) is 5.61. The average Bonchev–Trinajstić information content (AvgIpc) is 2.51. The lowest BCUT2D eigenvalue weighted by Gasteiger charge is -2.32. The van der Waals surface area contributed by atoms with Crippen molar-refractivity contribution in [3.63, 3.8) is 0 Å². The fraction of sp³-hybridized carbons (Fsp3) is 0.158. The Morgan fingerprint density at radius 1 is 0.950 bits per heavy atom. The van der Waals surface area contributed by atoms with Crippen LogP contribution in [-0.2, 0) is 0 Å². The van der Waals surface area contributed by atoms with Gasteiger partial charge in [0, 0.05) is 5.92 Å². The van der Waals surface area contributed by atoms with Gasteiger partial charge < -0.3 is 4.57 Å². The molecule has 0 saturated carbocycles. The fourth-order valence-electron chi connectivity index (χ4n) is 3.23. The highest BCUT2D eigenvalue weighted by molar-refractivity contribution is 5.84. The molecule has 1 aliphatic heterocycles. The predicted molar refractivity (Wildman–Crippen MR) is 82.3 cm³/mol. The first-order valence-corrected chi connectivity index (χ1v) is 7.13. The minimum atomic E-state index is 0.463. The first-order valence-electron chi connectivity index (χ1n) is 7.13. The van der Waals surface area contributed by atoms with E-state index in [0.29, 0.717) is 5.92 Å². The quantitative estimate of drug-likeness (QED) is 0.418. The van der Waals surface area contributed by atoms with Gasteiger partial charge in [0.2, 0.25) is 0 Å². The molecule has 1 aromatic heterocycles. The molecule has 0 fully saturated rings. The van der Waals surface area contributed by atoms with E-state index in [-0.39, 0.29) is 0 Å². The Kier molecular flexibility index (Phi) is 2.37. The van der Waals surface area contributed by atoms with E-state index in [2.05, 4.69) is 79.2 Å². The van der Waals surface area contributed by atoms with Gasteiger partial charge in [-0.3, -0.25) is 0 Å². The maximum Gasteiger partial charge on any atom is 0.113 e. The summed E-state index contributed by atoms with van der Waals surface area (Å²) in [5.41, 5.74) is 4.09. The molecule has 98 valence electrons. The Bertz CT molecular complexity index is 804. The van der Waals surface area contributed by atoms with Crippen molar-refractivity contribution in [2.24, 2.45) is 0 Å². The Hall–Kier alpha value is -2.28. The molecule has 1 aliphatic rings. The lowest BCUT2D eigenvalue weighted by atomic mass is 9.84. The highest BCUT2D eigenvalue weighted by atomic mass is 15.0. The Morgan fingerprint density at radius 2 is 1.65 bits per heavy atom. The molecule has 1 atom stereocenters. The first kappa shape index (κ1) is 11.5. The summed E-state index contributed by atoms with van der Waals surface area (Å²) in [4.78, 5) is 0. The standard InChI is InChI=1S/C19H17N/c1-13-14(2)20-12-16-8-4-3-7-15(16)11-19(20)18-10-6-5-9-17(13)18/h3-13H,1-2H3. The molecule has 0 aliphatic carbocycles. The van der Waals surface area contributed by atoms with Crippen LogP contribution in [0, 0.1) is 6.04 Å². The van der Waals surface area contributed by atoms with E-state index in [1.807, 2.05) is 0 Å². The van der Waals surface area contributed by atoms with Crippen LogP contribution in [0.3, 0.4) is 0 Å². The fourth-order valence-corrected chi connectivity index (χ4v) is 3.23. The molecule has 0 spiro atoms. The second kappa shape index (κ2) is 4.11. The molecule has 4 rings (SSSR count). The number of hydrogen-bond donors (Lipinski definition) is 0. The SMILES string of the molecule is C[C-]1C(C)c2ccccc2-c2cc3ccccc3c[n+]21. The summed E-state index contributed by atoms with van der Waals surface area (Å²) < 4.78 is 2.36. The van der Waals surface area contributed by atoms with Gasteiger partial charge in [0.1, 0.15) is 5.69 Å². The van der Waals surface area contributed by atoms with Crippen LogP contribution in [-0.4, -0.2) is 0 Å². The molecule has 2 heterocycles. The summed E-state index contributed by atoms with van der Waals surface area (Å²) in [5.74, 6) is 0.463. The summed E-state index contributed by atoms with van der Waals surface area (Å²) in [7, 11) is 0. The van der Waals surface area contributed by atoms with Crippen molar-refractivity contribution in [3.05, 3.63) is 72.4 Å². The number of hydrogen-bond acceptors (Lipinski definition) is 0. The van der Waals surface area contributed by atoms with Crippen LogP contribution < -0.4 is 4.57 Å². The monoisotopic (exact) mass is 259 g/mol. The third kappa shape index (κ3) is 1.50. The summed E-state index contributed by atoms with van der Waals surface area (Å²) in [6.07, 6.45) is 2.27. The van der Waals surface area contributed by atoms with E-state index < -0.39 is 0 Å². The van der Waals surface area contributed by atoms with Gasteiger partial charge in [0.05, 0.1) is 12.2 Å². The predicted octanol–water partition coefficient (Wildman–Crippen LogP) is 4.31. The van der Waals surface area contributed by atoms with Crippen LogP contribution in [0.1, 0.15) is 25.3 Å². The molecule has 0 amide bonds. The molecular weight excluding hydrogens is 242 g/mol. The van der Waals surface area contributed by atoms with E-state index >= 15 is 0 Å². The Morgan fingerprint density at radius 3 is 2.50 bits per heavy atom. The Labute approximate surface area is 119 Å². The van der Waals surface area contributed by atoms with Gasteiger partial charge in [-0.05, 0) is 34.9 Å². The average molecular weight is 259 g/mol. The van der Waals surface area contributed by atoms with Crippen LogP contribution in [0.5, 0.6) is 0 Å². The third-order valence-corrected chi connectivity index (χ3v) is 4.53. The van der Waals surface area contributed by atoms with Gasteiger partial charge in [-0.1, -0.05) is 55.5 Å². The summed E-state index contributed by atoms with van der Waals surface area (Å²) in [6, 6.07) is 21.0. The molecular formula is C19H17N. The molecule has 1 nitrogen and oxygen atoms in total. The van der Waals surface area contributed by atoms with Crippen LogP contribution in [0.15, 0.2) is 60.8 Å². The molecule has 0 bridgehead atoms. The number of nitrogens with zero attached hydrogens (tertiary/aromatic N) is 1. The maximum atomic E-state index is 2.36. The summed E-state index contributed by atoms with van der Waals surface area (Å²) in [6.45, 7) is 4.53. The largest absolute Gasteiger partial charge is 0.327 e. The van der Waals surface area contributed by atoms with Crippen molar-refractivity contribution >= 4 is 10.8 Å². The Balaban J connectivity index is 2.09. The third-order valence-electron chi connectivity index (χ3n) is 4.53. The number of benzene rings is 2. The van der Waals surface area contributed by atoms with E-state index in [1.54, 1.807) is 0 Å². The first-order chi connectivity index (χ1) is 9.75. The van der Waals surface area contributed by atoms with E-state index in [1.165, 1.54) is 33.6 Å². The molecule has 0 saturated heterocycles. The minimum absolute atomic E-state index is 0.463.